The van der Waals surface area contributed by atoms with Gasteiger partial charge in [-0.1, -0.05) is 23.7 Å². The fourth-order valence-corrected chi connectivity index (χ4v) is 6.36. The molecule has 0 bridgehead atoms. The van der Waals surface area contributed by atoms with Crippen LogP contribution >= 0.6 is 23.4 Å². The summed E-state index contributed by atoms with van der Waals surface area (Å²) in [6, 6.07) is 8.90. The lowest BCUT2D eigenvalue weighted by atomic mass is 9.93. The first-order valence-corrected chi connectivity index (χ1v) is 15.4. The smallest absolute Gasteiger partial charge is 0.416 e. The number of ether oxygens (including phenoxy) is 1. The van der Waals surface area contributed by atoms with E-state index in [1.165, 1.54) is 21.7 Å². The summed E-state index contributed by atoms with van der Waals surface area (Å²) in [6.45, 7) is 6.84. The number of fused-ring (bicyclic) bond motifs is 1. The van der Waals surface area contributed by atoms with Crippen molar-refractivity contribution < 1.29 is 32.3 Å². The van der Waals surface area contributed by atoms with E-state index in [1.807, 2.05) is 20.8 Å². The number of hydrogen-bond acceptors (Lipinski definition) is 6. The van der Waals surface area contributed by atoms with Crippen LogP contribution in [0.15, 0.2) is 47.5 Å². The number of likely N-dealkylation sites (tertiary alicyclic amines) is 1. The number of halogens is 4. The Bertz CT molecular complexity index is 1620. The van der Waals surface area contributed by atoms with Crippen molar-refractivity contribution in [3.05, 3.63) is 69.2 Å². The van der Waals surface area contributed by atoms with Gasteiger partial charge in [0.15, 0.2) is 0 Å². The van der Waals surface area contributed by atoms with E-state index in [1.54, 1.807) is 35.4 Å². The van der Waals surface area contributed by atoms with Gasteiger partial charge >= 0.3 is 12.3 Å². The number of thioether (sulfide) groups is 1. The lowest BCUT2D eigenvalue weighted by Gasteiger charge is -2.33. The number of rotatable bonds is 6. The third kappa shape index (κ3) is 7.40. The van der Waals surface area contributed by atoms with Gasteiger partial charge in [0.25, 0.3) is 11.1 Å². The van der Waals surface area contributed by atoms with Gasteiger partial charge in [-0.3, -0.25) is 19.2 Å². The Labute approximate surface area is 262 Å². The first-order valence-electron chi connectivity index (χ1n) is 14.2. The first-order chi connectivity index (χ1) is 20.7. The van der Waals surface area contributed by atoms with Gasteiger partial charge in [0.1, 0.15) is 5.60 Å². The number of hydrogen-bond donors (Lipinski definition) is 0. The molecule has 0 atom stereocenters. The highest BCUT2D eigenvalue weighted by Gasteiger charge is 2.36. The van der Waals surface area contributed by atoms with Crippen LogP contribution in [0.3, 0.4) is 0 Å². The van der Waals surface area contributed by atoms with E-state index in [2.05, 4.69) is 5.10 Å². The summed E-state index contributed by atoms with van der Waals surface area (Å²) >= 11 is 6.69. The van der Waals surface area contributed by atoms with Gasteiger partial charge in [-0.25, -0.2) is 4.79 Å². The molecule has 0 N–H and O–H groups in total. The van der Waals surface area contributed by atoms with Crippen LogP contribution in [0.4, 0.5) is 22.8 Å². The SMILES string of the molecule is CC(C)(C)OC(=O)N1CCC(CCN2C(=O)S/C(=C\c3ccc4c(cnn4Cc4ccc(Cl)cc4C(F)(F)F)c3)C2=O)CC1. The molecule has 2 saturated heterocycles. The highest BCUT2D eigenvalue weighted by molar-refractivity contribution is 8.18. The Balaban J connectivity index is 1.21. The van der Waals surface area contributed by atoms with Crippen molar-refractivity contribution in [2.45, 2.75) is 58.4 Å². The minimum atomic E-state index is -4.56. The average Bonchev–Trinajstić information content (AvgIpc) is 3.46. The molecular weight excluding hydrogens is 617 g/mol. The largest absolute Gasteiger partial charge is 0.444 e. The Morgan fingerprint density at radius 1 is 1.11 bits per heavy atom. The summed E-state index contributed by atoms with van der Waals surface area (Å²) in [4.78, 5) is 41.4. The zero-order valence-corrected chi connectivity index (χ0v) is 26.1. The molecule has 0 spiro atoms. The number of aromatic nitrogens is 2. The minimum absolute atomic E-state index is 0.000995. The quantitative estimate of drug-likeness (QED) is 0.253. The number of carbonyl (C=O) groups excluding carboxylic acids is 3. The molecule has 0 radical (unpaired) electrons. The molecule has 1 aromatic heterocycles. The van der Waals surface area contributed by atoms with E-state index in [9.17, 15) is 27.6 Å². The van der Waals surface area contributed by atoms with Crippen LogP contribution < -0.4 is 0 Å². The molecule has 2 aromatic carbocycles. The number of carbonyl (C=O) groups is 3. The van der Waals surface area contributed by atoms with Crippen molar-refractivity contribution in [2.24, 2.45) is 5.92 Å². The molecule has 8 nitrogen and oxygen atoms in total. The van der Waals surface area contributed by atoms with E-state index >= 15 is 0 Å². The van der Waals surface area contributed by atoms with E-state index in [-0.39, 0.29) is 40.3 Å². The van der Waals surface area contributed by atoms with Gasteiger partial charge in [-0.15, -0.1) is 0 Å². The number of amides is 3. The number of benzene rings is 2. The summed E-state index contributed by atoms with van der Waals surface area (Å²) in [5.41, 5.74) is -0.0375. The summed E-state index contributed by atoms with van der Waals surface area (Å²) in [5, 5.41) is 4.63. The number of imide groups is 1. The van der Waals surface area contributed by atoms with Crippen molar-refractivity contribution in [1.82, 2.24) is 19.6 Å². The van der Waals surface area contributed by atoms with Crippen LogP contribution in [0.5, 0.6) is 0 Å². The summed E-state index contributed by atoms with van der Waals surface area (Å²) in [6.07, 6.45) is 0.511. The maximum absolute atomic E-state index is 13.6. The Hall–Kier alpha value is -3.51. The van der Waals surface area contributed by atoms with E-state index in [4.69, 9.17) is 16.3 Å². The van der Waals surface area contributed by atoms with Crippen molar-refractivity contribution in [2.75, 3.05) is 19.6 Å². The van der Waals surface area contributed by atoms with Crippen LogP contribution in [-0.4, -0.2) is 62.1 Å². The highest BCUT2D eigenvalue weighted by atomic mass is 35.5. The van der Waals surface area contributed by atoms with E-state index in [0.29, 0.717) is 47.4 Å². The molecule has 3 heterocycles. The molecule has 234 valence electrons. The number of piperidine rings is 1. The average molecular weight is 649 g/mol. The second-order valence-corrected chi connectivity index (χ2v) is 13.4. The molecule has 2 fully saturated rings. The second kappa shape index (κ2) is 12.5. The van der Waals surface area contributed by atoms with Crippen molar-refractivity contribution in [1.29, 1.82) is 0 Å². The second-order valence-electron chi connectivity index (χ2n) is 12.0. The van der Waals surface area contributed by atoms with E-state index in [0.717, 1.165) is 30.7 Å². The number of nitrogens with zero attached hydrogens (tertiary/aromatic N) is 4. The van der Waals surface area contributed by atoms with Gasteiger partial charge in [0, 0.05) is 30.0 Å². The maximum atomic E-state index is 13.6. The molecule has 2 aliphatic rings. The molecule has 0 unspecified atom stereocenters. The maximum Gasteiger partial charge on any atom is 0.416 e. The van der Waals surface area contributed by atoms with Crippen molar-refractivity contribution in [3.8, 4) is 0 Å². The molecule has 0 saturated carbocycles. The summed E-state index contributed by atoms with van der Waals surface area (Å²) in [7, 11) is 0. The van der Waals surface area contributed by atoms with Crippen LogP contribution in [0.2, 0.25) is 5.02 Å². The van der Waals surface area contributed by atoms with Gasteiger partial charge in [-0.05, 0) is 99.2 Å². The van der Waals surface area contributed by atoms with E-state index < -0.39 is 17.3 Å². The fraction of sp³-hybridized carbons (Fsp3) is 0.419. The third-order valence-corrected chi connectivity index (χ3v) is 8.70. The first kappa shape index (κ1) is 31.9. The minimum Gasteiger partial charge on any atom is -0.444 e. The molecule has 3 aromatic rings. The molecule has 44 heavy (non-hydrogen) atoms. The third-order valence-electron chi connectivity index (χ3n) is 7.56. The predicted molar refractivity (Wildman–Crippen MR) is 163 cm³/mol. The molecule has 0 aliphatic carbocycles. The molecule has 3 amide bonds. The van der Waals surface area contributed by atoms with Gasteiger partial charge < -0.3 is 9.64 Å². The lowest BCUT2D eigenvalue weighted by Crippen LogP contribution is -2.42. The zero-order valence-electron chi connectivity index (χ0n) is 24.5. The normalized spacial score (nSPS) is 17.8. The Morgan fingerprint density at radius 2 is 1.84 bits per heavy atom. The Morgan fingerprint density at radius 3 is 2.52 bits per heavy atom. The van der Waals surface area contributed by atoms with Crippen LogP contribution in [-0.2, 0) is 22.3 Å². The topological polar surface area (TPSA) is 84.7 Å². The van der Waals surface area contributed by atoms with Crippen LogP contribution in [0, 0.1) is 5.92 Å². The van der Waals surface area contributed by atoms with Gasteiger partial charge in [0.2, 0.25) is 0 Å². The predicted octanol–water partition coefficient (Wildman–Crippen LogP) is 7.83. The fourth-order valence-electron chi connectivity index (χ4n) is 5.32. The lowest BCUT2D eigenvalue weighted by molar-refractivity contribution is -0.138. The molecular formula is C31H32ClF3N4O4S. The molecule has 13 heteroatoms. The monoisotopic (exact) mass is 648 g/mol. The highest BCUT2D eigenvalue weighted by Crippen LogP contribution is 2.36. The van der Waals surface area contributed by atoms with Gasteiger partial charge in [0.05, 0.1) is 28.7 Å². The van der Waals surface area contributed by atoms with Crippen LogP contribution in [0.25, 0.3) is 17.0 Å². The summed E-state index contributed by atoms with van der Waals surface area (Å²) in [5.74, 6) is -0.0734. The van der Waals surface area contributed by atoms with Crippen molar-refractivity contribution >= 4 is 57.6 Å². The number of alkyl halides is 3. The Kier molecular flexibility index (Phi) is 9.04. The molecule has 5 rings (SSSR count). The molecule has 2 aliphatic heterocycles. The zero-order chi connectivity index (χ0) is 31.8. The van der Waals surface area contributed by atoms with Crippen LogP contribution in [0.1, 0.15) is 56.7 Å². The summed E-state index contributed by atoms with van der Waals surface area (Å²) < 4.78 is 47.6. The standard InChI is InChI=1S/C31H32ClF3N4O4S/c1-30(2,3)43-28(41)37-11-8-19(9-12-37)10-13-38-27(40)26(44-29(38)42)15-20-4-7-25-22(14-20)17-36-39(25)18-21-5-6-23(32)16-24(21)31(33,34)35/h4-7,14-17,19H,8-13,18H2,1-3H3/b26-15-. The van der Waals surface area contributed by atoms with Crippen molar-refractivity contribution in [3.63, 3.8) is 0 Å². The van der Waals surface area contributed by atoms with Gasteiger partial charge in [-0.2, -0.15) is 18.3 Å².